The van der Waals surface area contributed by atoms with E-state index in [1.54, 1.807) is 16.8 Å². The number of hydrogen-bond donors (Lipinski definition) is 2. The summed E-state index contributed by atoms with van der Waals surface area (Å²) in [6.07, 6.45) is 6.01. The second-order valence-corrected chi connectivity index (χ2v) is 15.3. The van der Waals surface area contributed by atoms with Crippen LogP contribution in [0.3, 0.4) is 0 Å². The van der Waals surface area contributed by atoms with Crippen molar-refractivity contribution in [1.82, 2.24) is 24.7 Å². The average molecular weight is 660 g/mol. The van der Waals surface area contributed by atoms with Crippen molar-refractivity contribution < 1.29 is 41.8 Å². The number of carbonyl (C=O) groups excluding carboxylic acids is 4. The van der Waals surface area contributed by atoms with Gasteiger partial charge in [0.2, 0.25) is 22.7 Å². The Bertz CT molecular complexity index is 1530. The molecule has 2 fully saturated rings. The molecule has 4 heterocycles. The van der Waals surface area contributed by atoms with Gasteiger partial charge in [-0.3, -0.25) is 19.2 Å². The van der Waals surface area contributed by atoms with Crippen LogP contribution in [0.1, 0.15) is 63.5 Å². The van der Waals surface area contributed by atoms with E-state index in [0.717, 1.165) is 36.8 Å². The topological polar surface area (TPSA) is 164 Å². The fourth-order valence-corrected chi connectivity index (χ4v) is 7.14. The summed E-state index contributed by atoms with van der Waals surface area (Å²) >= 11 is 0. The quantitative estimate of drug-likeness (QED) is 0.462. The van der Waals surface area contributed by atoms with Gasteiger partial charge in [0.25, 0.3) is 5.91 Å². The number of rotatable bonds is 4. The van der Waals surface area contributed by atoms with Crippen LogP contribution in [-0.2, 0) is 37.4 Å². The Labute approximate surface area is 268 Å². The van der Waals surface area contributed by atoms with Crippen molar-refractivity contribution in [2.75, 3.05) is 26.9 Å². The van der Waals surface area contributed by atoms with Gasteiger partial charge >= 0.3 is 12.1 Å². The maximum atomic E-state index is 13.9. The molecular weight excluding hydrogens is 618 g/mol. The van der Waals surface area contributed by atoms with Crippen molar-refractivity contribution in [3.8, 4) is 11.5 Å². The second-order valence-electron chi connectivity index (χ2n) is 13.0. The number of ether oxygens (including phenoxy) is 3. The molecule has 0 radical (unpaired) electrons. The zero-order chi connectivity index (χ0) is 32.8. The van der Waals surface area contributed by atoms with Crippen molar-refractivity contribution in [2.24, 2.45) is 5.92 Å². The zero-order valence-corrected chi connectivity index (χ0v) is 27.1. The van der Waals surface area contributed by atoms with Crippen LogP contribution in [0.15, 0.2) is 24.3 Å². The highest BCUT2D eigenvalue weighted by Gasteiger charge is 2.61. The predicted octanol–water partition coefficient (Wildman–Crippen LogP) is 2.22. The fourth-order valence-electron chi connectivity index (χ4n) is 6.46. The van der Waals surface area contributed by atoms with Crippen LogP contribution in [0.4, 0.5) is 9.59 Å². The Balaban J connectivity index is 1.19. The van der Waals surface area contributed by atoms with Gasteiger partial charge in [-0.15, -0.1) is 0 Å². The molecule has 4 aliphatic heterocycles. The lowest BCUT2D eigenvalue weighted by Crippen LogP contribution is -2.57. The maximum absolute atomic E-state index is 13.9. The van der Waals surface area contributed by atoms with E-state index in [0.29, 0.717) is 31.1 Å². The van der Waals surface area contributed by atoms with E-state index in [2.05, 4.69) is 10.0 Å². The predicted molar refractivity (Wildman–Crippen MR) is 164 cm³/mol. The Morgan fingerprint density at radius 3 is 2.46 bits per heavy atom. The molecule has 1 saturated heterocycles. The van der Waals surface area contributed by atoms with Crippen LogP contribution in [0.2, 0.25) is 0 Å². The van der Waals surface area contributed by atoms with Crippen molar-refractivity contribution in [1.29, 1.82) is 0 Å². The molecule has 6 rings (SSSR count). The smallest absolute Gasteiger partial charge is 0.410 e. The molecule has 0 bridgehead atoms. The molecule has 4 atom stereocenters. The summed E-state index contributed by atoms with van der Waals surface area (Å²) in [7, 11) is -2.28. The average Bonchev–Trinajstić information content (AvgIpc) is 3.37. The molecular formula is C31H41N5O9S. The zero-order valence-electron chi connectivity index (χ0n) is 26.3. The molecule has 1 saturated carbocycles. The first-order valence-corrected chi connectivity index (χ1v) is 17.4. The minimum Gasteiger partial charge on any atom is -0.454 e. The van der Waals surface area contributed by atoms with E-state index >= 15 is 0 Å². The van der Waals surface area contributed by atoms with Crippen LogP contribution in [-0.4, -0.2) is 96.9 Å². The summed E-state index contributed by atoms with van der Waals surface area (Å²) in [5, 5.41) is 1.97. The van der Waals surface area contributed by atoms with Gasteiger partial charge in [-0.25, -0.2) is 18.0 Å². The first-order valence-electron chi connectivity index (χ1n) is 15.8. The van der Waals surface area contributed by atoms with Gasteiger partial charge < -0.3 is 29.3 Å². The Hall–Kier alpha value is -4.01. The molecule has 0 unspecified atom stereocenters. The van der Waals surface area contributed by atoms with E-state index in [-0.39, 0.29) is 32.2 Å². The molecule has 1 aromatic rings. The lowest BCUT2D eigenvalue weighted by molar-refractivity contribution is -0.131. The number of nitrogens with one attached hydrogen (secondary N) is 2. The highest BCUT2D eigenvalue weighted by Crippen LogP contribution is 2.46. The van der Waals surface area contributed by atoms with Crippen molar-refractivity contribution >= 4 is 34.0 Å². The van der Waals surface area contributed by atoms with E-state index in [4.69, 9.17) is 14.2 Å². The number of sulfonamides is 1. The van der Waals surface area contributed by atoms with E-state index in [9.17, 15) is 27.6 Å². The molecule has 1 aromatic carbocycles. The van der Waals surface area contributed by atoms with Crippen LogP contribution < -0.4 is 19.5 Å². The van der Waals surface area contributed by atoms with E-state index in [1.807, 2.05) is 24.3 Å². The maximum Gasteiger partial charge on any atom is 0.410 e. The Morgan fingerprint density at radius 2 is 1.78 bits per heavy atom. The molecule has 5 amide bonds. The number of fused-ring (bicyclic) bond motifs is 4. The fraction of sp³-hybridized carbons (Fsp3) is 0.613. The molecule has 250 valence electrons. The number of urea groups is 1. The number of allylic oxidation sites excluding steroid dienone is 1. The van der Waals surface area contributed by atoms with Crippen LogP contribution >= 0.6 is 0 Å². The molecule has 2 N–H and O–H groups in total. The molecule has 15 heteroatoms. The lowest BCUT2D eigenvalue weighted by atomic mass is 10.1. The summed E-state index contributed by atoms with van der Waals surface area (Å²) in [5.41, 5.74) is 0.375. The second kappa shape index (κ2) is 12.3. The number of amides is 5. The molecule has 46 heavy (non-hydrogen) atoms. The van der Waals surface area contributed by atoms with Crippen LogP contribution in [0.25, 0.3) is 0 Å². The first-order chi connectivity index (χ1) is 21.9. The molecule has 5 aliphatic rings. The minimum absolute atomic E-state index is 0.00593. The Kier molecular flexibility index (Phi) is 8.55. The summed E-state index contributed by atoms with van der Waals surface area (Å²) in [4.78, 5) is 58.8. The van der Waals surface area contributed by atoms with Gasteiger partial charge in [-0.05, 0) is 62.8 Å². The van der Waals surface area contributed by atoms with Gasteiger partial charge in [0, 0.05) is 39.0 Å². The molecule has 14 nitrogen and oxygen atoms in total. The van der Waals surface area contributed by atoms with Crippen molar-refractivity contribution in [2.45, 2.75) is 88.4 Å². The molecule has 0 aromatic heterocycles. The Morgan fingerprint density at radius 1 is 1.09 bits per heavy atom. The number of nitrogens with zero attached hydrogens (tertiary/aromatic N) is 3. The number of carbonyl (C=O) groups is 4. The lowest BCUT2D eigenvalue weighted by Gasteiger charge is -2.30. The standard InChI is InChI=1S/C31H41N5O9S/c1-19(2)46(41,42)33-28(38)31-14-22(31)9-7-5-4-6-8-10-34(3)29(39)36-17-23(13-24(36)27(37)32-31)45-30(40)35-15-20-11-25-26(44-18-43-25)12-21(20)16-35/h7,9,11-12,19,22-24H,4-6,8,10,13-18H2,1-3H3,(H,32,37)(H,33,38)/b9-7-/t22-,23-,24+,31-/m1/s1. The highest BCUT2D eigenvalue weighted by molar-refractivity contribution is 7.90. The van der Waals surface area contributed by atoms with Crippen molar-refractivity contribution in [3.63, 3.8) is 0 Å². The van der Waals surface area contributed by atoms with Crippen molar-refractivity contribution in [3.05, 3.63) is 35.4 Å². The minimum atomic E-state index is -3.95. The van der Waals surface area contributed by atoms with Gasteiger partial charge in [0.05, 0.1) is 11.8 Å². The van der Waals surface area contributed by atoms with Crippen LogP contribution in [0.5, 0.6) is 11.5 Å². The molecule has 0 spiro atoms. The largest absolute Gasteiger partial charge is 0.454 e. The monoisotopic (exact) mass is 659 g/mol. The van der Waals surface area contributed by atoms with E-state index in [1.165, 1.54) is 18.7 Å². The van der Waals surface area contributed by atoms with Gasteiger partial charge in [-0.1, -0.05) is 18.6 Å². The summed E-state index contributed by atoms with van der Waals surface area (Å²) in [6.45, 7) is 4.20. The third kappa shape index (κ3) is 6.20. The summed E-state index contributed by atoms with van der Waals surface area (Å²) < 4.78 is 44.1. The third-order valence-electron chi connectivity index (χ3n) is 9.43. The normalized spacial score (nSPS) is 28.4. The SMILES string of the molecule is CC(C)S(=O)(=O)NC(=O)[C@@]12C[C@H]1/C=C\CCCCCN(C)C(=O)N1C[C@H](OC(=O)N3Cc4cc5c(cc4C3)OCO5)C[C@H]1C(=O)N2. The number of hydrogen-bond acceptors (Lipinski definition) is 9. The van der Waals surface area contributed by atoms with Crippen LogP contribution in [0, 0.1) is 5.92 Å². The highest BCUT2D eigenvalue weighted by atomic mass is 32.2. The first kappa shape index (κ1) is 32.0. The van der Waals surface area contributed by atoms with Gasteiger partial charge in [0.15, 0.2) is 11.5 Å². The number of benzene rings is 1. The van der Waals surface area contributed by atoms with E-state index < -0.39 is 56.8 Å². The third-order valence-corrected chi connectivity index (χ3v) is 11.1. The van der Waals surface area contributed by atoms with Gasteiger partial charge in [0.1, 0.15) is 17.7 Å². The van der Waals surface area contributed by atoms with Gasteiger partial charge in [-0.2, -0.15) is 0 Å². The summed E-state index contributed by atoms with van der Waals surface area (Å²) in [6, 6.07) is 2.29. The summed E-state index contributed by atoms with van der Waals surface area (Å²) in [5.74, 6) is -0.556. The molecule has 1 aliphatic carbocycles.